The molecule has 1 aromatic heterocycles. The fraction of sp³-hybridized carbons (Fsp3) is 0.833. The summed E-state index contributed by atoms with van der Waals surface area (Å²) in [6.07, 6.45) is 2.51. The van der Waals surface area contributed by atoms with Gasteiger partial charge in [-0.25, -0.2) is 0 Å². The van der Waals surface area contributed by atoms with Crippen LogP contribution in [0.4, 0.5) is 0 Å². The molecule has 1 fully saturated rings. The van der Waals surface area contributed by atoms with E-state index < -0.39 is 0 Å². The number of nitrogens with zero attached hydrogens (tertiary/aromatic N) is 3. The van der Waals surface area contributed by atoms with Gasteiger partial charge >= 0.3 is 0 Å². The van der Waals surface area contributed by atoms with E-state index in [0.29, 0.717) is 23.9 Å². The average Bonchev–Trinajstić information content (AvgIpc) is 2.85. The molecule has 0 spiro atoms. The van der Waals surface area contributed by atoms with Gasteiger partial charge in [0.05, 0.1) is 13.1 Å². The first-order valence-electron chi connectivity index (χ1n) is 6.26. The van der Waals surface area contributed by atoms with Crippen LogP contribution in [-0.2, 0) is 13.1 Å². The van der Waals surface area contributed by atoms with Crippen LogP contribution in [0, 0.1) is 5.41 Å². The minimum absolute atomic E-state index is 0.303. The third-order valence-electron chi connectivity index (χ3n) is 3.39. The molecule has 0 amide bonds. The van der Waals surface area contributed by atoms with Gasteiger partial charge in [-0.1, -0.05) is 25.9 Å². The smallest absolute Gasteiger partial charge is 0.240 e. The van der Waals surface area contributed by atoms with Crippen LogP contribution in [-0.4, -0.2) is 27.6 Å². The van der Waals surface area contributed by atoms with E-state index in [9.17, 15) is 0 Å². The Kier molecular flexibility index (Phi) is 3.49. The maximum atomic E-state index is 5.46. The molecule has 2 N–H and O–H groups in total. The van der Waals surface area contributed by atoms with E-state index in [1.54, 1.807) is 0 Å². The molecular formula is C12H22N4O. The molecule has 17 heavy (non-hydrogen) atoms. The summed E-state index contributed by atoms with van der Waals surface area (Å²) >= 11 is 0. The van der Waals surface area contributed by atoms with Gasteiger partial charge in [0.1, 0.15) is 0 Å². The van der Waals surface area contributed by atoms with Gasteiger partial charge in [-0.2, -0.15) is 4.98 Å². The Morgan fingerprint density at radius 2 is 2.24 bits per heavy atom. The summed E-state index contributed by atoms with van der Waals surface area (Å²) in [5.41, 5.74) is 5.76. The molecule has 96 valence electrons. The summed E-state index contributed by atoms with van der Waals surface area (Å²) in [6, 6.07) is 0.599. The van der Waals surface area contributed by atoms with Crippen molar-refractivity contribution in [3.05, 3.63) is 11.7 Å². The summed E-state index contributed by atoms with van der Waals surface area (Å²) < 4.78 is 5.03. The first kappa shape index (κ1) is 12.5. The van der Waals surface area contributed by atoms with Gasteiger partial charge in [-0.05, 0) is 24.8 Å². The Bertz CT molecular complexity index is 369. The second kappa shape index (κ2) is 4.74. The van der Waals surface area contributed by atoms with Gasteiger partial charge in [0, 0.05) is 6.04 Å². The van der Waals surface area contributed by atoms with Gasteiger partial charge in [-0.3, -0.25) is 4.90 Å². The maximum absolute atomic E-state index is 5.46. The van der Waals surface area contributed by atoms with Crippen molar-refractivity contribution < 1.29 is 4.52 Å². The van der Waals surface area contributed by atoms with Crippen LogP contribution in [0.2, 0.25) is 0 Å². The highest BCUT2D eigenvalue weighted by Crippen LogP contribution is 2.33. The van der Waals surface area contributed by atoms with Crippen molar-refractivity contribution in [3.63, 3.8) is 0 Å². The second-order valence-electron chi connectivity index (χ2n) is 5.80. The van der Waals surface area contributed by atoms with Crippen LogP contribution in [0.3, 0.4) is 0 Å². The molecule has 1 atom stereocenters. The fourth-order valence-electron chi connectivity index (χ4n) is 2.62. The highest BCUT2D eigenvalue weighted by molar-refractivity contribution is 4.93. The standard InChI is InChI=1S/C12H22N4O/c1-12(2,3)9-5-4-6-16(9)8-10-14-11(7-13)17-15-10/h9H,4-8,13H2,1-3H3. The Balaban J connectivity index is 2.02. The maximum Gasteiger partial charge on any atom is 0.240 e. The number of aromatic nitrogens is 2. The Morgan fingerprint density at radius 3 is 2.82 bits per heavy atom. The van der Waals surface area contributed by atoms with Gasteiger partial charge in [0.15, 0.2) is 5.82 Å². The molecular weight excluding hydrogens is 216 g/mol. The molecule has 0 saturated carbocycles. The normalized spacial score (nSPS) is 22.2. The zero-order chi connectivity index (χ0) is 12.5. The lowest BCUT2D eigenvalue weighted by molar-refractivity contribution is 0.130. The van der Waals surface area contributed by atoms with Crippen molar-refractivity contribution in [3.8, 4) is 0 Å². The first-order chi connectivity index (χ1) is 8.00. The molecule has 1 aromatic rings. The third-order valence-corrected chi connectivity index (χ3v) is 3.39. The second-order valence-corrected chi connectivity index (χ2v) is 5.80. The van der Waals surface area contributed by atoms with Crippen LogP contribution in [0.1, 0.15) is 45.3 Å². The lowest BCUT2D eigenvalue weighted by Crippen LogP contribution is -2.39. The predicted octanol–water partition coefficient (Wildman–Crippen LogP) is 1.54. The van der Waals surface area contributed by atoms with Crippen LogP contribution in [0.25, 0.3) is 0 Å². The van der Waals surface area contributed by atoms with E-state index in [4.69, 9.17) is 10.3 Å². The first-order valence-corrected chi connectivity index (χ1v) is 6.26. The summed E-state index contributed by atoms with van der Waals surface area (Å²) in [7, 11) is 0. The van der Waals surface area contributed by atoms with E-state index in [2.05, 4.69) is 35.8 Å². The van der Waals surface area contributed by atoms with Crippen LogP contribution in [0.5, 0.6) is 0 Å². The van der Waals surface area contributed by atoms with Crippen molar-refractivity contribution in [1.29, 1.82) is 0 Å². The predicted molar refractivity (Wildman–Crippen MR) is 65.1 cm³/mol. The molecule has 0 aliphatic carbocycles. The van der Waals surface area contributed by atoms with Gasteiger partial charge in [0.25, 0.3) is 0 Å². The molecule has 2 rings (SSSR count). The molecule has 5 heteroatoms. The highest BCUT2D eigenvalue weighted by atomic mass is 16.5. The van der Waals surface area contributed by atoms with E-state index >= 15 is 0 Å². The van der Waals surface area contributed by atoms with E-state index in [1.807, 2.05) is 0 Å². The van der Waals surface area contributed by atoms with Crippen molar-refractivity contribution in [2.24, 2.45) is 11.1 Å². The molecule has 1 aliphatic heterocycles. The molecule has 1 unspecified atom stereocenters. The average molecular weight is 238 g/mol. The number of rotatable bonds is 3. The molecule has 2 heterocycles. The Hall–Kier alpha value is -0.940. The topological polar surface area (TPSA) is 68.2 Å². The minimum Gasteiger partial charge on any atom is -0.338 e. The molecule has 0 radical (unpaired) electrons. The van der Waals surface area contributed by atoms with Crippen LogP contribution < -0.4 is 5.73 Å². The number of nitrogens with two attached hydrogens (primary N) is 1. The van der Waals surface area contributed by atoms with Crippen molar-refractivity contribution >= 4 is 0 Å². The number of hydrogen-bond acceptors (Lipinski definition) is 5. The van der Waals surface area contributed by atoms with Gasteiger partial charge in [0.2, 0.25) is 5.89 Å². The van der Waals surface area contributed by atoms with E-state index in [0.717, 1.165) is 18.9 Å². The third kappa shape index (κ3) is 2.84. The van der Waals surface area contributed by atoms with Gasteiger partial charge in [-0.15, -0.1) is 0 Å². The molecule has 5 nitrogen and oxygen atoms in total. The van der Waals surface area contributed by atoms with Crippen molar-refractivity contribution in [2.45, 2.75) is 52.7 Å². The lowest BCUT2D eigenvalue weighted by Gasteiger charge is -2.34. The summed E-state index contributed by atoms with van der Waals surface area (Å²) in [4.78, 5) is 6.71. The van der Waals surface area contributed by atoms with Crippen LogP contribution in [0.15, 0.2) is 4.52 Å². The SMILES string of the molecule is CC(C)(C)C1CCCN1Cc1noc(CN)n1. The zero-order valence-electron chi connectivity index (χ0n) is 10.9. The largest absolute Gasteiger partial charge is 0.338 e. The van der Waals surface area contributed by atoms with Gasteiger partial charge < -0.3 is 10.3 Å². The lowest BCUT2D eigenvalue weighted by atomic mass is 9.85. The van der Waals surface area contributed by atoms with Crippen LogP contribution >= 0.6 is 0 Å². The van der Waals surface area contributed by atoms with E-state index in [-0.39, 0.29) is 0 Å². The summed E-state index contributed by atoms with van der Waals surface area (Å²) in [5, 5.41) is 3.96. The summed E-state index contributed by atoms with van der Waals surface area (Å²) in [6.45, 7) is 9.07. The Morgan fingerprint density at radius 1 is 1.47 bits per heavy atom. The molecule has 0 aromatic carbocycles. The van der Waals surface area contributed by atoms with E-state index in [1.165, 1.54) is 12.8 Å². The Labute approximate surface area is 102 Å². The molecule has 1 aliphatic rings. The summed E-state index contributed by atoms with van der Waals surface area (Å²) in [5.74, 6) is 1.27. The fourth-order valence-corrected chi connectivity index (χ4v) is 2.62. The van der Waals surface area contributed by atoms with Crippen molar-refractivity contribution in [1.82, 2.24) is 15.0 Å². The van der Waals surface area contributed by atoms with Crippen molar-refractivity contribution in [2.75, 3.05) is 6.54 Å². The minimum atomic E-state index is 0.303. The monoisotopic (exact) mass is 238 g/mol. The zero-order valence-corrected chi connectivity index (χ0v) is 10.9. The molecule has 1 saturated heterocycles. The molecule has 0 bridgehead atoms. The quantitative estimate of drug-likeness (QED) is 0.865. The number of hydrogen-bond donors (Lipinski definition) is 1. The number of likely N-dealkylation sites (tertiary alicyclic amines) is 1. The highest BCUT2D eigenvalue weighted by Gasteiger charge is 2.34.